The van der Waals surface area contributed by atoms with E-state index in [4.69, 9.17) is 4.74 Å². The molecule has 0 spiro atoms. The Morgan fingerprint density at radius 2 is 1.71 bits per heavy atom. The molecule has 0 aliphatic heterocycles. The monoisotopic (exact) mass is 346 g/mol. The predicted molar refractivity (Wildman–Crippen MR) is 96.8 cm³/mol. The summed E-state index contributed by atoms with van der Waals surface area (Å²) >= 11 is 0. The van der Waals surface area contributed by atoms with Gasteiger partial charge in [0.25, 0.3) is 0 Å². The van der Waals surface area contributed by atoms with Crippen molar-refractivity contribution in [1.82, 2.24) is 10.6 Å². The maximum atomic E-state index is 11.8. The zero-order chi connectivity index (χ0) is 17.4. The standard InChI is InChI=1S/C18H22N2O3S/c1-14(20-18(21)19-12-13-24(2)22)15-8-10-17(11-9-15)23-16-6-4-3-5-7-16/h3-11,14H,12-13H2,1-2H3,(H2,19,20,21)/t14-,24-/m0/s1. The number of para-hydroxylation sites is 1. The van der Waals surface area contributed by atoms with Crippen LogP contribution in [-0.2, 0) is 10.8 Å². The number of hydrogen-bond acceptors (Lipinski definition) is 3. The van der Waals surface area contributed by atoms with Crippen LogP contribution in [0.25, 0.3) is 0 Å². The molecule has 0 saturated heterocycles. The molecule has 24 heavy (non-hydrogen) atoms. The van der Waals surface area contributed by atoms with Gasteiger partial charge < -0.3 is 15.4 Å². The molecule has 2 aromatic rings. The largest absolute Gasteiger partial charge is 0.457 e. The molecule has 6 heteroatoms. The highest BCUT2D eigenvalue weighted by Gasteiger charge is 2.09. The average molecular weight is 346 g/mol. The van der Waals surface area contributed by atoms with E-state index < -0.39 is 10.8 Å². The zero-order valence-corrected chi connectivity index (χ0v) is 14.6. The van der Waals surface area contributed by atoms with Gasteiger partial charge in [0.2, 0.25) is 0 Å². The fraction of sp³-hybridized carbons (Fsp3) is 0.278. The fourth-order valence-electron chi connectivity index (χ4n) is 2.09. The van der Waals surface area contributed by atoms with Crippen LogP contribution in [0.3, 0.4) is 0 Å². The first-order valence-electron chi connectivity index (χ1n) is 7.72. The van der Waals surface area contributed by atoms with Gasteiger partial charge in [0.05, 0.1) is 6.04 Å². The molecule has 5 nitrogen and oxygen atoms in total. The molecule has 128 valence electrons. The van der Waals surface area contributed by atoms with Crippen molar-refractivity contribution in [3.8, 4) is 11.5 Å². The highest BCUT2D eigenvalue weighted by atomic mass is 32.2. The Hall–Kier alpha value is -2.34. The Morgan fingerprint density at radius 3 is 2.33 bits per heavy atom. The molecule has 0 aromatic heterocycles. The summed E-state index contributed by atoms with van der Waals surface area (Å²) in [5, 5.41) is 5.54. The maximum absolute atomic E-state index is 11.8. The van der Waals surface area contributed by atoms with Crippen molar-refractivity contribution in [2.24, 2.45) is 0 Å². The Balaban J connectivity index is 1.85. The lowest BCUT2D eigenvalue weighted by molar-refractivity contribution is 0.238. The highest BCUT2D eigenvalue weighted by molar-refractivity contribution is 7.84. The second-order valence-electron chi connectivity index (χ2n) is 5.38. The number of amides is 2. The molecule has 0 aliphatic carbocycles. The summed E-state index contributed by atoms with van der Waals surface area (Å²) in [4.78, 5) is 11.8. The third-order valence-corrected chi connectivity index (χ3v) is 4.16. The van der Waals surface area contributed by atoms with Gasteiger partial charge in [-0.1, -0.05) is 30.3 Å². The van der Waals surface area contributed by atoms with Crippen LogP contribution in [0.1, 0.15) is 18.5 Å². The van der Waals surface area contributed by atoms with Crippen LogP contribution in [0.4, 0.5) is 4.79 Å². The molecule has 2 rings (SSSR count). The maximum Gasteiger partial charge on any atom is 0.315 e. The van der Waals surface area contributed by atoms with Crippen molar-refractivity contribution >= 4 is 16.8 Å². The lowest BCUT2D eigenvalue weighted by Gasteiger charge is -2.15. The van der Waals surface area contributed by atoms with E-state index in [9.17, 15) is 9.00 Å². The van der Waals surface area contributed by atoms with Crippen LogP contribution in [-0.4, -0.2) is 28.8 Å². The Bertz CT molecular complexity index is 674. The number of carbonyl (C=O) groups is 1. The Kier molecular flexibility index (Phi) is 6.81. The van der Waals surface area contributed by atoms with Crippen molar-refractivity contribution in [2.45, 2.75) is 13.0 Å². The van der Waals surface area contributed by atoms with Crippen LogP contribution in [0.2, 0.25) is 0 Å². The minimum Gasteiger partial charge on any atom is -0.457 e. The number of nitrogens with one attached hydrogen (secondary N) is 2. The van der Waals surface area contributed by atoms with Gasteiger partial charge >= 0.3 is 6.03 Å². The van der Waals surface area contributed by atoms with Gasteiger partial charge in [-0.05, 0) is 36.8 Å². The molecule has 0 aliphatic rings. The predicted octanol–water partition coefficient (Wildman–Crippen LogP) is 3.22. The quantitative estimate of drug-likeness (QED) is 0.809. The van der Waals surface area contributed by atoms with Crippen LogP contribution in [0.5, 0.6) is 11.5 Å². The highest BCUT2D eigenvalue weighted by Crippen LogP contribution is 2.23. The van der Waals surface area contributed by atoms with Gasteiger partial charge in [0.1, 0.15) is 11.5 Å². The van der Waals surface area contributed by atoms with Gasteiger partial charge in [-0.3, -0.25) is 4.21 Å². The average Bonchev–Trinajstić information content (AvgIpc) is 2.56. The van der Waals surface area contributed by atoms with E-state index in [-0.39, 0.29) is 12.1 Å². The van der Waals surface area contributed by atoms with Gasteiger partial charge in [0, 0.05) is 29.4 Å². The molecule has 2 N–H and O–H groups in total. The second-order valence-corrected chi connectivity index (χ2v) is 6.94. The van der Waals surface area contributed by atoms with Crippen molar-refractivity contribution in [3.63, 3.8) is 0 Å². The van der Waals surface area contributed by atoms with Gasteiger partial charge in [-0.15, -0.1) is 0 Å². The van der Waals surface area contributed by atoms with E-state index in [1.807, 2.05) is 61.5 Å². The molecule has 2 atom stereocenters. The molecule has 0 radical (unpaired) electrons. The molecule has 2 amide bonds. The van der Waals surface area contributed by atoms with Gasteiger partial charge in [0.15, 0.2) is 0 Å². The minimum absolute atomic E-state index is 0.136. The summed E-state index contributed by atoms with van der Waals surface area (Å²) in [5.74, 6) is 1.98. The first kappa shape index (κ1) is 18.0. The first-order chi connectivity index (χ1) is 11.5. The third kappa shape index (κ3) is 6.04. The zero-order valence-electron chi connectivity index (χ0n) is 13.8. The van der Waals surface area contributed by atoms with Crippen LogP contribution in [0, 0.1) is 0 Å². The van der Waals surface area contributed by atoms with Crippen LogP contribution in [0.15, 0.2) is 54.6 Å². The van der Waals surface area contributed by atoms with E-state index in [0.29, 0.717) is 12.3 Å². The summed E-state index contributed by atoms with van der Waals surface area (Å²) < 4.78 is 16.7. The van der Waals surface area contributed by atoms with E-state index in [1.54, 1.807) is 6.26 Å². The molecule has 0 unspecified atom stereocenters. The summed E-state index contributed by atoms with van der Waals surface area (Å²) in [6, 6.07) is 16.8. The summed E-state index contributed by atoms with van der Waals surface area (Å²) in [5.41, 5.74) is 0.977. The van der Waals surface area contributed by atoms with E-state index >= 15 is 0 Å². The number of benzene rings is 2. The van der Waals surface area contributed by atoms with Crippen molar-refractivity contribution < 1.29 is 13.7 Å². The molecule has 2 aromatic carbocycles. The van der Waals surface area contributed by atoms with Crippen molar-refractivity contribution in [2.75, 3.05) is 18.6 Å². The topological polar surface area (TPSA) is 67.4 Å². The Labute approximate surface area is 144 Å². The SMILES string of the molecule is C[C@H](NC(=O)NCC[S@](C)=O)c1ccc(Oc2ccccc2)cc1. The lowest BCUT2D eigenvalue weighted by Crippen LogP contribution is -2.38. The van der Waals surface area contributed by atoms with E-state index in [0.717, 1.165) is 17.1 Å². The van der Waals surface area contributed by atoms with Crippen LogP contribution < -0.4 is 15.4 Å². The van der Waals surface area contributed by atoms with Crippen LogP contribution >= 0.6 is 0 Å². The lowest BCUT2D eigenvalue weighted by atomic mass is 10.1. The molecular formula is C18H22N2O3S. The Morgan fingerprint density at radius 1 is 1.08 bits per heavy atom. The van der Waals surface area contributed by atoms with E-state index in [1.165, 1.54) is 0 Å². The summed E-state index contributed by atoms with van der Waals surface area (Å²) in [6.45, 7) is 2.30. The molecule has 0 fully saturated rings. The molecule has 0 saturated carbocycles. The van der Waals surface area contributed by atoms with Crippen molar-refractivity contribution in [1.29, 1.82) is 0 Å². The molecule has 0 heterocycles. The van der Waals surface area contributed by atoms with Crippen molar-refractivity contribution in [3.05, 3.63) is 60.2 Å². The van der Waals surface area contributed by atoms with Gasteiger partial charge in [-0.25, -0.2) is 4.79 Å². The number of rotatable bonds is 7. The second kappa shape index (κ2) is 9.08. The number of hydrogen-bond donors (Lipinski definition) is 2. The first-order valence-corrected chi connectivity index (χ1v) is 9.44. The third-order valence-electron chi connectivity index (χ3n) is 3.38. The number of urea groups is 1. The molecule has 0 bridgehead atoms. The summed E-state index contributed by atoms with van der Waals surface area (Å²) in [7, 11) is -0.907. The minimum atomic E-state index is -0.907. The normalized spacial score (nSPS) is 12.9. The number of carbonyl (C=O) groups excluding carboxylic acids is 1. The summed E-state index contributed by atoms with van der Waals surface area (Å²) in [6.07, 6.45) is 1.61. The fourth-order valence-corrected chi connectivity index (χ4v) is 2.48. The van der Waals surface area contributed by atoms with Gasteiger partial charge in [-0.2, -0.15) is 0 Å². The smallest absolute Gasteiger partial charge is 0.315 e. The van der Waals surface area contributed by atoms with E-state index in [2.05, 4.69) is 10.6 Å². The number of ether oxygens (including phenoxy) is 1. The molecular weight excluding hydrogens is 324 g/mol.